The van der Waals surface area contributed by atoms with Gasteiger partial charge in [-0.25, -0.2) is 0 Å². The van der Waals surface area contributed by atoms with Crippen molar-refractivity contribution in [3.8, 4) is 11.1 Å². The van der Waals surface area contributed by atoms with Crippen molar-refractivity contribution in [3.63, 3.8) is 0 Å². The minimum Gasteiger partial charge on any atom is -0.337 e. The molecule has 5 rings (SSSR count). The molecule has 188 valence electrons. The third-order valence-corrected chi connectivity index (χ3v) is 7.80. The molecule has 0 N–H and O–H groups in total. The summed E-state index contributed by atoms with van der Waals surface area (Å²) < 4.78 is 0. The molecule has 1 saturated heterocycles. The van der Waals surface area contributed by atoms with Crippen molar-refractivity contribution in [3.05, 3.63) is 111 Å². The largest absolute Gasteiger partial charge is 0.337 e. The fraction of sp³-hybridized carbons (Fsp3) is 0.281. The van der Waals surface area contributed by atoms with E-state index in [0.717, 1.165) is 23.2 Å². The van der Waals surface area contributed by atoms with E-state index in [0.29, 0.717) is 36.1 Å². The highest BCUT2D eigenvalue weighted by Crippen LogP contribution is 2.31. The lowest BCUT2D eigenvalue weighted by molar-refractivity contribution is 0.0602. The summed E-state index contributed by atoms with van der Waals surface area (Å²) in [5, 5.41) is 4.25. The van der Waals surface area contributed by atoms with Crippen molar-refractivity contribution < 1.29 is 9.59 Å². The fourth-order valence-corrected chi connectivity index (χ4v) is 5.48. The van der Waals surface area contributed by atoms with Gasteiger partial charge in [0.25, 0.3) is 5.91 Å². The van der Waals surface area contributed by atoms with Crippen LogP contribution in [-0.4, -0.2) is 34.7 Å². The van der Waals surface area contributed by atoms with E-state index >= 15 is 0 Å². The summed E-state index contributed by atoms with van der Waals surface area (Å²) in [6.07, 6.45) is 2.84. The summed E-state index contributed by atoms with van der Waals surface area (Å²) in [6.45, 7) is 7.73. The van der Waals surface area contributed by atoms with Gasteiger partial charge in [-0.3, -0.25) is 14.6 Å². The molecule has 1 fully saturated rings. The number of thiophene rings is 1. The van der Waals surface area contributed by atoms with Gasteiger partial charge in [-0.1, -0.05) is 44.2 Å². The van der Waals surface area contributed by atoms with Crippen LogP contribution in [0.5, 0.6) is 0 Å². The average Bonchev–Trinajstić information content (AvgIpc) is 3.40. The lowest BCUT2D eigenvalue weighted by Gasteiger charge is -2.39. The molecule has 2 aromatic carbocycles. The van der Waals surface area contributed by atoms with Gasteiger partial charge in [0.1, 0.15) is 0 Å². The first-order chi connectivity index (χ1) is 17.9. The molecule has 1 aliphatic heterocycles. The first-order valence-electron chi connectivity index (χ1n) is 12.9. The molecule has 37 heavy (non-hydrogen) atoms. The molecule has 0 bridgehead atoms. The molecule has 1 amide bonds. The van der Waals surface area contributed by atoms with Gasteiger partial charge in [0.2, 0.25) is 0 Å². The lowest BCUT2D eigenvalue weighted by atomic mass is 9.89. The van der Waals surface area contributed by atoms with E-state index in [1.165, 1.54) is 16.7 Å². The molecule has 1 aliphatic rings. The van der Waals surface area contributed by atoms with Crippen molar-refractivity contribution in [2.24, 2.45) is 5.92 Å². The van der Waals surface area contributed by atoms with Gasteiger partial charge in [-0.15, -0.1) is 0 Å². The summed E-state index contributed by atoms with van der Waals surface area (Å²) in [5.74, 6) is 0.930. The van der Waals surface area contributed by atoms with Crippen LogP contribution in [0.1, 0.15) is 62.9 Å². The first-order valence-corrected chi connectivity index (χ1v) is 13.8. The van der Waals surface area contributed by atoms with Crippen molar-refractivity contribution >= 4 is 23.0 Å². The zero-order valence-corrected chi connectivity index (χ0v) is 22.4. The van der Waals surface area contributed by atoms with Crippen LogP contribution < -0.4 is 0 Å². The highest BCUT2D eigenvalue weighted by Gasteiger charge is 2.32. The number of Topliss-reactive ketones (excluding diaryl/α,β-unsaturated/α-hetero) is 1. The molecule has 4 nitrogen and oxygen atoms in total. The standard InChI is InChI=1S/C32H32N2O2S/c1-21(2)14-30-11-10-26(17-33-30)31(35)16-28-15-25(5-4-22(28)3)32(36)34-18-29(19-34)24-8-6-23(7-9-24)27-12-13-37-20-27/h4-13,15,17,20-21,29H,14,16,18-19H2,1-3H3. The molecule has 0 atom stereocenters. The minimum atomic E-state index is 0.0196. The van der Waals surface area contributed by atoms with Gasteiger partial charge < -0.3 is 4.90 Å². The zero-order chi connectivity index (χ0) is 25.9. The highest BCUT2D eigenvalue weighted by atomic mass is 32.1. The van der Waals surface area contributed by atoms with Crippen LogP contribution in [0, 0.1) is 12.8 Å². The number of aryl methyl sites for hydroxylation is 1. The molecule has 2 aromatic heterocycles. The number of ketones is 1. The van der Waals surface area contributed by atoms with Crippen LogP contribution in [0.2, 0.25) is 0 Å². The number of nitrogens with zero attached hydrogens (tertiary/aromatic N) is 2. The minimum absolute atomic E-state index is 0.0196. The highest BCUT2D eigenvalue weighted by molar-refractivity contribution is 7.08. The van der Waals surface area contributed by atoms with E-state index in [2.05, 4.69) is 59.9 Å². The second-order valence-electron chi connectivity index (χ2n) is 10.4. The number of amides is 1. The average molecular weight is 509 g/mol. The summed E-state index contributed by atoms with van der Waals surface area (Å²) in [4.78, 5) is 32.5. The number of rotatable bonds is 8. The molecular weight excluding hydrogens is 476 g/mol. The van der Waals surface area contributed by atoms with E-state index in [1.807, 2.05) is 42.2 Å². The van der Waals surface area contributed by atoms with Crippen LogP contribution in [0.25, 0.3) is 11.1 Å². The molecule has 0 radical (unpaired) electrons. The van der Waals surface area contributed by atoms with Crippen molar-refractivity contribution in [2.75, 3.05) is 13.1 Å². The lowest BCUT2D eigenvalue weighted by Crippen LogP contribution is -2.48. The van der Waals surface area contributed by atoms with Gasteiger partial charge in [-0.2, -0.15) is 11.3 Å². The zero-order valence-electron chi connectivity index (χ0n) is 21.6. The Hall–Kier alpha value is -3.57. The topological polar surface area (TPSA) is 50.3 Å². The van der Waals surface area contributed by atoms with Gasteiger partial charge in [0.15, 0.2) is 5.78 Å². The van der Waals surface area contributed by atoms with E-state index in [-0.39, 0.29) is 18.1 Å². The third-order valence-electron chi connectivity index (χ3n) is 7.12. The Kier molecular flexibility index (Phi) is 7.33. The van der Waals surface area contributed by atoms with E-state index in [9.17, 15) is 9.59 Å². The Morgan fingerprint density at radius 2 is 1.73 bits per heavy atom. The number of benzene rings is 2. The number of hydrogen-bond donors (Lipinski definition) is 0. The van der Waals surface area contributed by atoms with Crippen molar-refractivity contribution in [2.45, 2.75) is 39.5 Å². The number of likely N-dealkylation sites (tertiary alicyclic amines) is 1. The maximum atomic E-state index is 13.2. The number of aromatic nitrogens is 1. The number of hydrogen-bond acceptors (Lipinski definition) is 4. The number of pyridine rings is 1. The normalized spacial score (nSPS) is 13.6. The van der Waals surface area contributed by atoms with Crippen LogP contribution in [-0.2, 0) is 12.8 Å². The molecular formula is C32H32N2O2S. The monoisotopic (exact) mass is 508 g/mol. The maximum absolute atomic E-state index is 13.2. The smallest absolute Gasteiger partial charge is 0.253 e. The predicted molar refractivity (Wildman–Crippen MR) is 150 cm³/mol. The maximum Gasteiger partial charge on any atom is 0.253 e. The Balaban J connectivity index is 1.21. The molecule has 0 unspecified atom stereocenters. The molecule has 0 aliphatic carbocycles. The van der Waals surface area contributed by atoms with Crippen LogP contribution in [0.15, 0.2) is 77.6 Å². The second-order valence-corrected chi connectivity index (χ2v) is 11.2. The van der Waals surface area contributed by atoms with Crippen molar-refractivity contribution in [1.82, 2.24) is 9.88 Å². The van der Waals surface area contributed by atoms with Crippen LogP contribution >= 0.6 is 11.3 Å². The SMILES string of the molecule is Cc1ccc(C(=O)N2CC(c3ccc(-c4ccsc4)cc3)C2)cc1CC(=O)c1ccc(CC(C)C)nc1. The van der Waals surface area contributed by atoms with E-state index in [1.54, 1.807) is 17.5 Å². The van der Waals surface area contributed by atoms with Crippen LogP contribution in [0.4, 0.5) is 0 Å². The Morgan fingerprint density at radius 3 is 2.38 bits per heavy atom. The summed E-state index contributed by atoms with van der Waals surface area (Å²) in [5.41, 5.74) is 7.90. The van der Waals surface area contributed by atoms with E-state index in [4.69, 9.17) is 0 Å². The second kappa shape index (κ2) is 10.8. The van der Waals surface area contributed by atoms with Gasteiger partial charge in [0.05, 0.1) is 0 Å². The number of carbonyl (C=O) groups excluding carboxylic acids is 2. The molecule has 3 heterocycles. The molecule has 4 aromatic rings. The predicted octanol–water partition coefficient (Wildman–Crippen LogP) is 6.98. The Labute approximate surface area is 223 Å². The van der Waals surface area contributed by atoms with E-state index < -0.39 is 0 Å². The van der Waals surface area contributed by atoms with Gasteiger partial charge >= 0.3 is 0 Å². The number of carbonyl (C=O) groups is 2. The Morgan fingerprint density at radius 1 is 0.973 bits per heavy atom. The van der Waals surface area contributed by atoms with Crippen molar-refractivity contribution in [1.29, 1.82) is 0 Å². The summed E-state index contributed by atoms with van der Waals surface area (Å²) in [7, 11) is 0. The fourth-order valence-electron chi connectivity index (χ4n) is 4.81. The van der Waals surface area contributed by atoms with Crippen LogP contribution in [0.3, 0.4) is 0 Å². The van der Waals surface area contributed by atoms with Gasteiger partial charge in [-0.05, 0) is 88.2 Å². The first kappa shape index (κ1) is 25.1. The third kappa shape index (κ3) is 5.72. The Bertz CT molecular complexity index is 1380. The summed E-state index contributed by atoms with van der Waals surface area (Å²) >= 11 is 1.70. The summed E-state index contributed by atoms with van der Waals surface area (Å²) in [6, 6.07) is 20.3. The molecule has 0 spiro atoms. The molecule has 0 saturated carbocycles. The molecule has 5 heteroatoms. The van der Waals surface area contributed by atoms with Gasteiger partial charge in [0, 0.05) is 48.4 Å². The quantitative estimate of drug-likeness (QED) is 0.241.